The molecule has 0 saturated heterocycles. The van der Waals surface area contributed by atoms with Crippen molar-refractivity contribution in [3.8, 4) is 0 Å². The molecule has 0 radical (unpaired) electrons. The molecule has 17 heavy (non-hydrogen) atoms. The van der Waals surface area contributed by atoms with E-state index in [9.17, 15) is 17.6 Å². The summed E-state index contributed by atoms with van der Waals surface area (Å²) in [6, 6.07) is 11.7. The van der Waals surface area contributed by atoms with Gasteiger partial charge in [-0.2, -0.15) is 8.78 Å². The number of fused-ring (bicyclic) bond motifs is 1. The monoisotopic (exact) mass is 242 g/mol. The maximum Gasteiger partial charge on any atom is 0.311 e. The predicted octanol–water partition coefficient (Wildman–Crippen LogP) is 4.28. The highest BCUT2D eigenvalue weighted by molar-refractivity contribution is 5.85. The topological polar surface area (TPSA) is 0 Å². The van der Waals surface area contributed by atoms with Gasteiger partial charge in [0.05, 0.1) is 0 Å². The molecule has 0 unspecified atom stereocenters. The molecule has 0 heterocycles. The number of rotatable bonds is 3. The second kappa shape index (κ2) is 4.35. The van der Waals surface area contributed by atoms with Crippen LogP contribution in [0.1, 0.15) is 5.56 Å². The lowest BCUT2D eigenvalue weighted by Crippen LogP contribution is -2.29. The zero-order chi connectivity index (χ0) is 12.5. The molecular formula is C13H10F4. The summed E-state index contributed by atoms with van der Waals surface area (Å²) in [5.74, 6) is -3.98. The molecule has 0 nitrogen and oxygen atoms in total. The SMILES string of the molecule is FC(F)C(F)(F)Cc1cccc2ccccc12. The lowest BCUT2D eigenvalue weighted by Gasteiger charge is -2.16. The summed E-state index contributed by atoms with van der Waals surface area (Å²) >= 11 is 0. The Balaban J connectivity index is 2.43. The molecule has 0 aromatic heterocycles. The molecular weight excluding hydrogens is 232 g/mol. The fourth-order valence-corrected chi connectivity index (χ4v) is 1.78. The van der Waals surface area contributed by atoms with Crippen LogP contribution < -0.4 is 0 Å². The van der Waals surface area contributed by atoms with E-state index >= 15 is 0 Å². The molecule has 0 saturated carbocycles. The van der Waals surface area contributed by atoms with Gasteiger partial charge in [-0.3, -0.25) is 0 Å². The Morgan fingerprint density at radius 2 is 1.59 bits per heavy atom. The molecule has 0 aliphatic carbocycles. The Labute approximate surface area is 95.9 Å². The van der Waals surface area contributed by atoms with Gasteiger partial charge in [-0.05, 0) is 16.3 Å². The van der Waals surface area contributed by atoms with Crippen molar-refractivity contribution in [3.05, 3.63) is 48.0 Å². The van der Waals surface area contributed by atoms with E-state index in [0.29, 0.717) is 5.39 Å². The molecule has 4 heteroatoms. The van der Waals surface area contributed by atoms with E-state index < -0.39 is 18.8 Å². The molecule has 0 aliphatic rings. The summed E-state index contributed by atoms with van der Waals surface area (Å²) in [7, 11) is 0. The molecule has 2 aromatic carbocycles. The van der Waals surface area contributed by atoms with Crippen molar-refractivity contribution < 1.29 is 17.6 Å². The molecule has 2 aromatic rings. The minimum atomic E-state index is -3.98. The number of alkyl halides is 4. The Kier molecular flexibility index (Phi) is 3.05. The lowest BCUT2D eigenvalue weighted by molar-refractivity contribution is -0.126. The highest BCUT2D eigenvalue weighted by Gasteiger charge is 2.40. The van der Waals surface area contributed by atoms with Gasteiger partial charge in [0, 0.05) is 6.42 Å². The van der Waals surface area contributed by atoms with Gasteiger partial charge in [0.1, 0.15) is 0 Å². The highest BCUT2D eigenvalue weighted by atomic mass is 19.3. The zero-order valence-electron chi connectivity index (χ0n) is 8.84. The minimum absolute atomic E-state index is 0.244. The van der Waals surface area contributed by atoms with Gasteiger partial charge in [-0.15, -0.1) is 0 Å². The van der Waals surface area contributed by atoms with Crippen molar-refractivity contribution >= 4 is 10.8 Å². The molecule has 0 atom stereocenters. The zero-order valence-corrected chi connectivity index (χ0v) is 8.84. The summed E-state index contributed by atoms with van der Waals surface area (Å²) in [5, 5.41) is 1.37. The minimum Gasteiger partial charge on any atom is -0.204 e. The van der Waals surface area contributed by atoms with Gasteiger partial charge in [0.25, 0.3) is 0 Å². The van der Waals surface area contributed by atoms with Crippen LogP contribution in [0.15, 0.2) is 42.5 Å². The van der Waals surface area contributed by atoms with Crippen LogP contribution in [0.5, 0.6) is 0 Å². The van der Waals surface area contributed by atoms with E-state index in [1.807, 2.05) is 0 Å². The fraction of sp³-hybridized carbons (Fsp3) is 0.231. The normalized spacial score (nSPS) is 12.3. The summed E-state index contributed by atoms with van der Waals surface area (Å²) in [5.41, 5.74) is 0.244. The highest BCUT2D eigenvalue weighted by Crippen LogP contribution is 2.30. The molecule has 0 aliphatic heterocycles. The average molecular weight is 242 g/mol. The second-order valence-electron chi connectivity index (χ2n) is 3.88. The van der Waals surface area contributed by atoms with Gasteiger partial charge < -0.3 is 0 Å². The molecule has 90 valence electrons. The van der Waals surface area contributed by atoms with Crippen molar-refractivity contribution in [2.75, 3.05) is 0 Å². The maximum absolute atomic E-state index is 13.0. The van der Waals surface area contributed by atoms with Crippen LogP contribution in [0.4, 0.5) is 17.6 Å². The summed E-state index contributed by atoms with van der Waals surface area (Å²) < 4.78 is 50.3. The van der Waals surface area contributed by atoms with E-state index in [1.54, 1.807) is 36.4 Å². The van der Waals surface area contributed by atoms with Crippen molar-refractivity contribution in [1.29, 1.82) is 0 Å². The van der Waals surface area contributed by atoms with E-state index in [1.165, 1.54) is 6.07 Å². The molecule has 2 rings (SSSR count). The third-order valence-electron chi connectivity index (χ3n) is 2.63. The first-order valence-electron chi connectivity index (χ1n) is 5.13. The number of halogens is 4. The van der Waals surface area contributed by atoms with Crippen molar-refractivity contribution in [2.24, 2.45) is 0 Å². The Morgan fingerprint density at radius 3 is 2.29 bits per heavy atom. The molecule has 0 bridgehead atoms. The van der Waals surface area contributed by atoms with Gasteiger partial charge in [0.15, 0.2) is 0 Å². The first kappa shape index (κ1) is 11.9. The van der Waals surface area contributed by atoms with Gasteiger partial charge in [-0.1, -0.05) is 42.5 Å². The van der Waals surface area contributed by atoms with Crippen LogP contribution in [0.2, 0.25) is 0 Å². The van der Waals surface area contributed by atoms with E-state index in [0.717, 1.165) is 5.39 Å². The van der Waals surface area contributed by atoms with Crippen molar-refractivity contribution in [2.45, 2.75) is 18.8 Å². The third-order valence-corrected chi connectivity index (χ3v) is 2.63. The molecule has 0 N–H and O–H groups in total. The molecule has 0 fully saturated rings. The summed E-state index contributed by atoms with van der Waals surface area (Å²) in [4.78, 5) is 0. The quantitative estimate of drug-likeness (QED) is 0.704. The van der Waals surface area contributed by atoms with Crippen LogP contribution in [-0.2, 0) is 6.42 Å². The van der Waals surface area contributed by atoms with E-state index in [-0.39, 0.29) is 5.56 Å². The van der Waals surface area contributed by atoms with E-state index in [2.05, 4.69) is 0 Å². The Hall–Kier alpha value is -1.58. The van der Waals surface area contributed by atoms with Crippen LogP contribution >= 0.6 is 0 Å². The number of hydrogen-bond acceptors (Lipinski definition) is 0. The smallest absolute Gasteiger partial charge is 0.204 e. The first-order valence-corrected chi connectivity index (χ1v) is 5.13. The van der Waals surface area contributed by atoms with Crippen LogP contribution in [0.25, 0.3) is 10.8 Å². The van der Waals surface area contributed by atoms with Gasteiger partial charge in [0.2, 0.25) is 0 Å². The number of benzene rings is 2. The maximum atomic E-state index is 13.0. The second-order valence-corrected chi connectivity index (χ2v) is 3.88. The molecule has 0 amide bonds. The summed E-state index contributed by atoms with van der Waals surface area (Å²) in [6.45, 7) is 0. The van der Waals surface area contributed by atoms with Gasteiger partial charge in [-0.25, -0.2) is 8.78 Å². The Morgan fingerprint density at radius 1 is 0.941 bits per heavy atom. The number of hydrogen-bond donors (Lipinski definition) is 0. The fourth-order valence-electron chi connectivity index (χ4n) is 1.78. The standard InChI is InChI=1S/C13H10F4/c14-12(15)13(16,17)8-10-6-3-5-9-4-1-2-7-11(9)10/h1-7,12H,8H2. The first-order chi connectivity index (χ1) is 8.00. The average Bonchev–Trinajstić information content (AvgIpc) is 2.29. The largest absolute Gasteiger partial charge is 0.311 e. The predicted molar refractivity (Wildman–Crippen MR) is 58.6 cm³/mol. The van der Waals surface area contributed by atoms with Crippen molar-refractivity contribution in [3.63, 3.8) is 0 Å². The van der Waals surface area contributed by atoms with Gasteiger partial charge >= 0.3 is 12.3 Å². The van der Waals surface area contributed by atoms with Crippen molar-refractivity contribution in [1.82, 2.24) is 0 Å². The van der Waals surface area contributed by atoms with Crippen LogP contribution in [-0.4, -0.2) is 12.3 Å². The molecule has 0 spiro atoms. The van der Waals surface area contributed by atoms with Crippen LogP contribution in [0.3, 0.4) is 0 Å². The van der Waals surface area contributed by atoms with Crippen LogP contribution in [0, 0.1) is 0 Å². The summed E-state index contributed by atoms with van der Waals surface area (Å²) in [6.07, 6.45) is -4.58. The third kappa shape index (κ3) is 2.40. The van der Waals surface area contributed by atoms with E-state index in [4.69, 9.17) is 0 Å². The lowest BCUT2D eigenvalue weighted by atomic mass is 9.99. The Bertz CT molecular complexity index is 514.